The summed E-state index contributed by atoms with van der Waals surface area (Å²) < 4.78 is 6.26. The molecule has 0 unspecified atom stereocenters. The number of hydrogen-bond donors (Lipinski definition) is 1. The minimum atomic E-state index is -0.349. The number of likely N-dealkylation sites (tertiary alicyclic amines) is 1. The molecular weight excluding hydrogens is 286 g/mol. The van der Waals surface area contributed by atoms with Crippen molar-refractivity contribution in [2.24, 2.45) is 28.6 Å². The number of rotatable bonds is 5. The van der Waals surface area contributed by atoms with Gasteiger partial charge in [-0.25, -0.2) is 0 Å². The van der Waals surface area contributed by atoms with Crippen LogP contribution in [0.15, 0.2) is 0 Å². The third-order valence-corrected chi connectivity index (χ3v) is 7.62. The van der Waals surface area contributed by atoms with Gasteiger partial charge in [0.15, 0.2) is 0 Å². The average molecular weight is 324 g/mol. The second-order valence-electron chi connectivity index (χ2n) is 9.75. The molecule has 134 valence electrons. The van der Waals surface area contributed by atoms with E-state index in [0.29, 0.717) is 23.5 Å². The Morgan fingerprint density at radius 2 is 1.78 bits per heavy atom. The minimum absolute atomic E-state index is 0.297. The maximum absolute atomic E-state index is 10.5. The van der Waals surface area contributed by atoms with E-state index >= 15 is 0 Å². The molecule has 23 heavy (non-hydrogen) atoms. The van der Waals surface area contributed by atoms with E-state index in [1.807, 2.05) is 0 Å². The Morgan fingerprint density at radius 1 is 1.13 bits per heavy atom. The van der Waals surface area contributed by atoms with Crippen LogP contribution in [0.1, 0.15) is 60.3 Å². The van der Waals surface area contributed by atoms with Gasteiger partial charge in [0.2, 0.25) is 0 Å². The number of hydrogen-bond acceptors (Lipinski definition) is 3. The molecular formula is C20H37NO2. The molecule has 1 N–H and O–H groups in total. The molecule has 0 aromatic rings. The summed E-state index contributed by atoms with van der Waals surface area (Å²) in [7, 11) is 0. The first-order chi connectivity index (χ1) is 10.7. The number of β-amino-alcohol motifs (C(OH)–C–C–N with tert-alkyl or cyclic N) is 1. The maximum Gasteiger partial charge on any atom is 0.0900 e. The molecule has 0 aromatic carbocycles. The highest BCUT2D eigenvalue weighted by molar-refractivity contribution is 5.11. The van der Waals surface area contributed by atoms with E-state index in [4.69, 9.17) is 4.74 Å². The second-order valence-corrected chi connectivity index (χ2v) is 9.75. The average Bonchev–Trinajstić information content (AvgIpc) is 2.76. The minimum Gasteiger partial charge on any atom is -0.389 e. The molecule has 2 saturated carbocycles. The SMILES string of the molecule is C[C@@H]1C[C@H](C)CN(C[C@@H](O)CO[C@H]2C[C@H]3CC[C@@]2(C)C3(C)C)C1. The predicted molar refractivity (Wildman–Crippen MR) is 94.4 cm³/mol. The molecule has 2 aliphatic carbocycles. The van der Waals surface area contributed by atoms with Gasteiger partial charge in [0, 0.05) is 19.6 Å². The van der Waals surface area contributed by atoms with Crippen molar-refractivity contribution < 1.29 is 9.84 Å². The molecule has 6 atom stereocenters. The van der Waals surface area contributed by atoms with Gasteiger partial charge < -0.3 is 14.7 Å². The molecule has 3 nitrogen and oxygen atoms in total. The van der Waals surface area contributed by atoms with Gasteiger partial charge in [-0.2, -0.15) is 0 Å². The fourth-order valence-electron chi connectivity index (χ4n) is 5.90. The highest BCUT2D eigenvalue weighted by Crippen LogP contribution is 2.66. The normalized spacial score (nSPS) is 44.6. The van der Waals surface area contributed by atoms with E-state index in [9.17, 15) is 5.11 Å². The summed E-state index contributed by atoms with van der Waals surface area (Å²) in [5.41, 5.74) is 0.686. The zero-order chi connectivity index (χ0) is 16.8. The van der Waals surface area contributed by atoms with Crippen molar-refractivity contribution in [2.45, 2.75) is 72.5 Å². The van der Waals surface area contributed by atoms with Crippen LogP contribution in [0.5, 0.6) is 0 Å². The van der Waals surface area contributed by atoms with Crippen LogP contribution in [0, 0.1) is 28.6 Å². The van der Waals surface area contributed by atoms with Crippen molar-refractivity contribution in [1.82, 2.24) is 4.90 Å². The summed E-state index contributed by atoms with van der Waals surface area (Å²) >= 11 is 0. The van der Waals surface area contributed by atoms with E-state index in [0.717, 1.165) is 37.4 Å². The number of fused-ring (bicyclic) bond motifs is 2. The van der Waals surface area contributed by atoms with Gasteiger partial charge in [-0.05, 0) is 54.3 Å². The van der Waals surface area contributed by atoms with Crippen LogP contribution in [0.3, 0.4) is 0 Å². The molecule has 1 aliphatic heterocycles. The van der Waals surface area contributed by atoms with E-state index in [1.165, 1.54) is 25.7 Å². The monoisotopic (exact) mass is 323 g/mol. The molecule has 1 heterocycles. The second kappa shape index (κ2) is 6.31. The van der Waals surface area contributed by atoms with Gasteiger partial charge >= 0.3 is 0 Å². The molecule has 1 saturated heterocycles. The van der Waals surface area contributed by atoms with Crippen molar-refractivity contribution in [3.63, 3.8) is 0 Å². The highest BCUT2D eigenvalue weighted by Gasteiger charge is 2.61. The molecule has 0 amide bonds. The lowest BCUT2D eigenvalue weighted by atomic mass is 9.70. The van der Waals surface area contributed by atoms with Crippen LogP contribution < -0.4 is 0 Å². The maximum atomic E-state index is 10.5. The Kier molecular flexibility index (Phi) is 4.85. The van der Waals surface area contributed by atoms with E-state index in [-0.39, 0.29) is 6.10 Å². The molecule has 2 bridgehead atoms. The van der Waals surface area contributed by atoms with Crippen molar-refractivity contribution in [1.29, 1.82) is 0 Å². The van der Waals surface area contributed by atoms with Crippen LogP contribution in [-0.2, 0) is 4.74 Å². The summed E-state index contributed by atoms with van der Waals surface area (Å²) in [4.78, 5) is 2.43. The van der Waals surface area contributed by atoms with Crippen LogP contribution in [-0.4, -0.2) is 48.5 Å². The number of aliphatic hydroxyl groups is 1. The van der Waals surface area contributed by atoms with Crippen LogP contribution in [0.2, 0.25) is 0 Å². The summed E-state index contributed by atoms with van der Waals surface area (Å²) in [6.07, 6.45) is 5.14. The lowest BCUT2D eigenvalue weighted by Crippen LogP contribution is -2.44. The van der Waals surface area contributed by atoms with Crippen molar-refractivity contribution in [3.05, 3.63) is 0 Å². The Labute approximate surface area is 142 Å². The first-order valence-electron chi connectivity index (χ1n) is 9.74. The molecule has 3 rings (SSSR count). The lowest BCUT2D eigenvalue weighted by molar-refractivity contribution is -0.0813. The predicted octanol–water partition coefficient (Wildman–Crippen LogP) is 3.56. The quantitative estimate of drug-likeness (QED) is 0.840. The lowest BCUT2D eigenvalue weighted by Gasteiger charge is -2.39. The number of aliphatic hydroxyl groups excluding tert-OH is 1. The molecule has 0 spiro atoms. The van der Waals surface area contributed by atoms with E-state index in [1.54, 1.807) is 0 Å². The fourth-order valence-corrected chi connectivity index (χ4v) is 5.90. The van der Waals surface area contributed by atoms with Gasteiger partial charge in [0.25, 0.3) is 0 Å². The summed E-state index contributed by atoms with van der Waals surface area (Å²) in [5.74, 6) is 2.30. The third kappa shape index (κ3) is 3.21. The van der Waals surface area contributed by atoms with E-state index < -0.39 is 0 Å². The summed E-state index contributed by atoms with van der Waals surface area (Å²) in [6, 6.07) is 0. The van der Waals surface area contributed by atoms with Gasteiger partial charge in [-0.3, -0.25) is 0 Å². The van der Waals surface area contributed by atoms with Crippen LogP contribution >= 0.6 is 0 Å². The Morgan fingerprint density at radius 3 is 2.30 bits per heavy atom. The van der Waals surface area contributed by atoms with Crippen LogP contribution in [0.4, 0.5) is 0 Å². The first kappa shape index (κ1) is 17.7. The number of piperidine rings is 1. The molecule has 3 aliphatic rings. The van der Waals surface area contributed by atoms with E-state index in [2.05, 4.69) is 39.5 Å². The summed E-state index contributed by atoms with van der Waals surface area (Å²) in [6.45, 7) is 15.4. The Balaban J connectivity index is 1.48. The van der Waals surface area contributed by atoms with Gasteiger partial charge in [-0.15, -0.1) is 0 Å². The van der Waals surface area contributed by atoms with Gasteiger partial charge in [0.1, 0.15) is 0 Å². The topological polar surface area (TPSA) is 32.7 Å². The standard InChI is InChI=1S/C20H37NO2/c1-14-8-15(2)11-21(10-14)12-17(22)13-23-18-9-16-6-7-20(18,5)19(16,3)4/h14-18,22H,6-13H2,1-5H3/t14-,15+,16-,17-,18+,20-/m1/s1. The smallest absolute Gasteiger partial charge is 0.0900 e. The van der Waals surface area contributed by atoms with Crippen LogP contribution in [0.25, 0.3) is 0 Å². The molecule has 3 fully saturated rings. The zero-order valence-electron chi connectivity index (χ0n) is 15.8. The first-order valence-corrected chi connectivity index (χ1v) is 9.74. The van der Waals surface area contributed by atoms with Gasteiger partial charge in [-0.1, -0.05) is 34.6 Å². The third-order valence-electron chi connectivity index (χ3n) is 7.62. The molecule has 0 aromatic heterocycles. The highest BCUT2D eigenvalue weighted by atomic mass is 16.5. The number of nitrogens with zero attached hydrogens (tertiary/aromatic N) is 1. The zero-order valence-corrected chi connectivity index (χ0v) is 15.8. The fraction of sp³-hybridized carbons (Fsp3) is 1.00. The largest absolute Gasteiger partial charge is 0.389 e. The summed E-state index contributed by atoms with van der Waals surface area (Å²) in [5, 5.41) is 10.5. The van der Waals surface area contributed by atoms with Crippen molar-refractivity contribution in [2.75, 3.05) is 26.2 Å². The Hall–Kier alpha value is -0.120. The Bertz CT molecular complexity index is 414. The van der Waals surface area contributed by atoms with Crippen molar-refractivity contribution in [3.8, 4) is 0 Å². The molecule has 3 heteroatoms. The van der Waals surface area contributed by atoms with Gasteiger partial charge in [0.05, 0.1) is 18.8 Å². The van der Waals surface area contributed by atoms with Crippen molar-refractivity contribution >= 4 is 0 Å². The molecule has 0 radical (unpaired) electrons. The number of ether oxygens (including phenoxy) is 1.